The van der Waals surface area contributed by atoms with Crippen LogP contribution < -0.4 is 10.1 Å². The second-order valence-corrected chi connectivity index (χ2v) is 3.86. The molecule has 0 bridgehead atoms. The topological polar surface area (TPSA) is 37.4 Å². The van der Waals surface area contributed by atoms with Crippen molar-refractivity contribution in [3.63, 3.8) is 0 Å². The Hall–Kier alpha value is -1.13. The fraction of sp³-hybridized carbons (Fsp3) is 0.545. The lowest BCUT2D eigenvalue weighted by atomic mass is 10.1. The molecule has 1 aliphatic rings. The zero-order valence-corrected chi connectivity index (χ0v) is 9.23. The molecule has 1 atom stereocenters. The third kappa shape index (κ3) is 2.27. The van der Waals surface area contributed by atoms with Gasteiger partial charge in [-0.2, -0.15) is 0 Å². The van der Waals surface area contributed by atoms with Gasteiger partial charge >= 0.3 is 0 Å². The number of piperazine rings is 1. The largest absolute Gasteiger partial charge is 0.495 e. The molecule has 0 spiro atoms. The van der Waals surface area contributed by atoms with Gasteiger partial charge in [0.05, 0.1) is 13.3 Å². The van der Waals surface area contributed by atoms with Crippen molar-refractivity contribution in [1.82, 2.24) is 15.2 Å². The quantitative estimate of drug-likeness (QED) is 0.773. The summed E-state index contributed by atoms with van der Waals surface area (Å²) in [7, 11) is 3.81. The number of ether oxygens (including phenoxy) is 1. The lowest BCUT2D eigenvalue weighted by molar-refractivity contribution is 0.201. The standard InChI is InChI=1S/C11H17N3O/c1-14-4-3-12-8-11(14)9-5-10(15-2)7-13-6-9/h5-7,11-12H,3-4,8H2,1-2H3. The number of nitrogens with zero attached hydrogens (tertiary/aromatic N) is 2. The van der Waals surface area contributed by atoms with E-state index in [1.165, 1.54) is 5.56 Å². The molecule has 4 heteroatoms. The van der Waals surface area contributed by atoms with E-state index in [2.05, 4.69) is 28.3 Å². The summed E-state index contributed by atoms with van der Waals surface area (Å²) in [4.78, 5) is 6.53. The molecule has 1 aromatic rings. The van der Waals surface area contributed by atoms with Gasteiger partial charge in [0.2, 0.25) is 0 Å². The molecule has 15 heavy (non-hydrogen) atoms. The van der Waals surface area contributed by atoms with E-state index in [1.807, 2.05) is 6.20 Å². The molecule has 0 amide bonds. The number of rotatable bonds is 2. The Morgan fingerprint density at radius 1 is 1.53 bits per heavy atom. The highest BCUT2D eigenvalue weighted by Crippen LogP contribution is 2.22. The first-order valence-electron chi connectivity index (χ1n) is 5.21. The highest BCUT2D eigenvalue weighted by molar-refractivity contribution is 5.26. The SMILES string of the molecule is COc1cncc(C2CNCCN2C)c1. The first kappa shape index (κ1) is 10.4. The molecule has 2 rings (SSSR count). The van der Waals surface area contributed by atoms with Crippen LogP contribution in [0.1, 0.15) is 11.6 Å². The number of hydrogen-bond acceptors (Lipinski definition) is 4. The maximum absolute atomic E-state index is 5.18. The predicted molar refractivity (Wildman–Crippen MR) is 59.0 cm³/mol. The molecule has 1 unspecified atom stereocenters. The smallest absolute Gasteiger partial charge is 0.137 e. The zero-order valence-electron chi connectivity index (χ0n) is 9.23. The van der Waals surface area contributed by atoms with Gasteiger partial charge in [-0.3, -0.25) is 9.88 Å². The zero-order chi connectivity index (χ0) is 10.7. The molecular weight excluding hydrogens is 190 g/mol. The number of hydrogen-bond donors (Lipinski definition) is 1. The maximum Gasteiger partial charge on any atom is 0.137 e. The lowest BCUT2D eigenvalue weighted by Gasteiger charge is -2.33. The average molecular weight is 207 g/mol. The Balaban J connectivity index is 2.19. The van der Waals surface area contributed by atoms with Gasteiger partial charge in [0.15, 0.2) is 0 Å². The molecule has 1 saturated heterocycles. The summed E-state index contributed by atoms with van der Waals surface area (Å²) in [5, 5.41) is 3.39. The molecule has 82 valence electrons. The van der Waals surface area contributed by atoms with Gasteiger partial charge in [-0.25, -0.2) is 0 Å². The number of nitrogens with one attached hydrogen (secondary N) is 1. The van der Waals surface area contributed by atoms with E-state index in [4.69, 9.17) is 4.74 Å². The lowest BCUT2D eigenvalue weighted by Crippen LogP contribution is -2.43. The van der Waals surface area contributed by atoms with Crippen LogP contribution in [-0.2, 0) is 0 Å². The van der Waals surface area contributed by atoms with Crippen LogP contribution in [0.3, 0.4) is 0 Å². The molecule has 1 aliphatic heterocycles. The Morgan fingerprint density at radius 3 is 3.13 bits per heavy atom. The van der Waals surface area contributed by atoms with E-state index in [0.717, 1.165) is 25.4 Å². The first-order chi connectivity index (χ1) is 7.31. The van der Waals surface area contributed by atoms with Gasteiger partial charge in [0, 0.05) is 31.9 Å². The Morgan fingerprint density at radius 2 is 2.40 bits per heavy atom. The van der Waals surface area contributed by atoms with Crippen molar-refractivity contribution < 1.29 is 4.74 Å². The summed E-state index contributed by atoms with van der Waals surface area (Å²) in [5.74, 6) is 0.825. The summed E-state index contributed by atoms with van der Waals surface area (Å²) in [5.41, 5.74) is 1.21. The molecule has 0 aliphatic carbocycles. The van der Waals surface area contributed by atoms with Crippen molar-refractivity contribution >= 4 is 0 Å². The van der Waals surface area contributed by atoms with Crippen LogP contribution in [0.5, 0.6) is 5.75 Å². The summed E-state index contributed by atoms with van der Waals surface area (Å²) >= 11 is 0. The summed E-state index contributed by atoms with van der Waals surface area (Å²) in [6.07, 6.45) is 3.65. The van der Waals surface area contributed by atoms with Crippen LogP contribution >= 0.6 is 0 Å². The van der Waals surface area contributed by atoms with Crippen molar-refractivity contribution in [3.05, 3.63) is 24.0 Å². The fourth-order valence-corrected chi connectivity index (χ4v) is 1.91. The van der Waals surface area contributed by atoms with Gasteiger partial charge in [-0.15, -0.1) is 0 Å². The molecule has 0 aromatic carbocycles. The monoisotopic (exact) mass is 207 g/mol. The minimum Gasteiger partial charge on any atom is -0.495 e. The van der Waals surface area contributed by atoms with Crippen molar-refractivity contribution in [1.29, 1.82) is 0 Å². The third-order valence-corrected chi connectivity index (χ3v) is 2.87. The second-order valence-electron chi connectivity index (χ2n) is 3.86. The van der Waals surface area contributed by atoms with Gasteiger partial charge in [-0.05, 0) is 18.7 Å². The fourth-order valence-electron chi connectivity index (χ4n) is 1.91. The van der Waals surface area contributed by atoms with Gasteiger partial charge < -0.3 is 10.1 Å². The van der Waals surface area contributed by atoms with Crippen molar-refractivity contribution in [2.45, 2.75) is 6.04 Å². The number of likely N-dealkylation sites (N-methyl/N-ethyl adjacent to an activating group) is 1. The van der Waals surface area contributed by atoms with Crippen LogP contribution in [0.25, 0.3) is 0 Å². The van der Waals surface area contributed by atoms with Crippen molar-refractivity contribution in [2.75, 3.05) is 33.8 Å². The second kappa shape index (κ2) is 4.59. The number of pyridine rings is 1. The normalized spacial score (nSPS) is 22.7. The van der Waals surface area contributed by atoms with E-state index in [1.54, 1.807) is 13.3 Å². The molecule has 1 aromatic heterocycles. The van der Waals surface area contributed by atoms with Gasteiger partial charge in [-0.1, -0.05) is 0 Å². The van der Waals surface area contributed by atoms with Crippen molar-refractivity contribution in [2.24, 2.45) is 0 Å². The minimum atomic E-state index is 0.404. The highest BCUT2D eigenvalue weighted by Gasteiger charge is 2.20. The molecule has 2 heterocycles. The van der Waals surface area contributed by atoms with E-state index < -0.39 is 0 Å². The Kier molecular flexibility index (Phi) is 3.18. The van der Waals surface area contributed by atoms with E-state index in [9.17, 15) is 0 Å². The molecule has 4 nitrogen and oxygen atoms in total. The first-order valence-corrected chi connectivity index (χ1v) is 5.21. The molecular formula is C11H17N3O. The molecule has 1 fully saturated rings. The summed E-state index contributed by atoms with van der Waals surface area (Å²) in [6, 6.07) is 2.46. The Bertz CT molecular complexity index is 329. The molecule has 1 N–H and O–H groups in total. The number of aromatic nitrogens is 1. The highest BCUT2D eigenvalue weighted by atomic mass is 16.5. The van der Waals surface area contributed by atoms with Crippen LogP contribution in [0.15, 0.2) is 18.5 Å². The maximum atomic E-state index is 5.18. The molecule has 0 saturated carbocycles. The van der Waals surface area contributed by atoms with Crippen LogP contribution in [0, 0.1) is 0 Å². The summed E-state index contributed by atoms with van der Waals surface area (Å²) < 4.78 is 5.18. The van der Waals surface area contributed by atoms with Crippen molar-refractivity contribution in [3.8, 4) is 5.75 Å². The number of methoxy groups -OCH3 is 1. The van der Waals surface area contributed by atoms with E-state index in [-0.39, 0.29) is 0 Å². The van der Waals surface area contributed by atoms with E-state index in [0.29, 0.717) is 6.04 Å². The Labute approximate surface area is 90.3 Å². The van der Waals surface area contributed by atoms with Crippen LogP contribution in [-0.4, -0.2) is 43.7 Å². The predicted octanol–water partition coefficient (Wildman–Crippen LogP) is 0.666. The minimum absolute atomic E-state index is 0.404. The summed E-state index contributed by atoms with van der Waals surface area (Å²) in [6.45, 7) is 3.11. The van der Waals surface area contributed by atoms with E-state index >= 15 is 0 Å². The molecule has 0 radical (unpaired) electrons. The van der Waals surface area contributed by atoms with Crippen LogP contribution in [0.4, 0.5) is 0 Å². The third-order valence-electron chi connectivity index (χ3n) is 2.87. The van der Waals surface area contributed by atoms with Gasteiger partial charge in [0.25, 0.3) is 0 Å². The van der Waals surface area contributed by atoms with Gasteiger partial charge in [0.1, 0.15) is 5.75 Å². The average Bonchev–Trinajstić information content (AvgIpc) is 2.30. The van der Waals surface area contributed by atoms with Crippen LogP contribution in [0.2, 0.25) is 0 Å².